The van der Waals surface area contributed by atoms with Crippen LogP contribution in [0.25, 0.3) is 0 Å². The number of hydrogen-bond acceptors (Lipinski definition) is 3. The molecule has 0 aromatic carbocycles. The van der Waals surface area contributed by atoms with E-state index in [2.05, 4.69) is 17.2 Å². The van der Waals surface area contributed by atoms with Crippen LogP contribution in [0, 0.1) is 0 Å². The van der Waals surface area contributed by atoms with Gasteiger partial charge in [0, 0.05) is 6.54 Å². The van der Waals surface area contributed by atoms with E-state index in [1.165, 1.54) is 0 Å². The zero-order valence-corrected chi connectivity index (χ0v) is 9.06. The molecule has 15 heavy (non-hydrogen) atoms. The van der Waals surface area contributed by atoms with Gasteiger partial charge in [0.1, 0.15) is 5.60 Å². The van der Waals surface area contributed by atoms with Crippen LogP contribution >= 0.6 is 0 Å². The van der Waals surface area contributed by atoms with Crippen LogP contribution in [0.5, 0.6) is 0 Å². The van der Waals surface area contributed by atoms with Crippen molar-refractivity contribution in [2.24, 2.45) is 0 Å². The molecule has 0 saturated carbocycles. The second-order valence-electron chi connectivity index (χ2n) is 4.06. The van der Waals surface area contributed by atoms with Crippen molar-refractivity contribution < 1.29 is 5.11 Å². The average Bonchev–Trinajstić information content (AvgIpc) is 2.68. The summed E-state index contributed by atoms with van der Waals surface area (Å²) in [6.45, 7) is 2.90. The van der Waals surface area contributed by atoms with Crippen molar-refractivity contribution in [3.63, 3.8) is 0 Å². The van der Waals surface area contributed by atoms with Crippen molar-refractivity contribution in [2.45, 2.75) is 44.8 Å². The van der Waals surface area contributed by atoms with E-state index in [-0.39, 0.29) is 0 Å². The Hall–Kier alpha value is -1.16. The number of nitrogens with zero attached hydrogens (tertiary/aromatic N) is 3. The second kappa shape index (κ2) is 4.14. The van der Waals surface area contributed by atoms with E-state index in [9.17, 15) is 5.11 Å². The molecular weight excluding hydrogens is 190 g/mol. The first-order valence-corrected chi connectivity index (χ1v) is 5.55. The normalized spacial score (nSPS) is 25.7. The molecule has 1 atom stereocenters. The van der Waals surface area contributed by atoms with Crippen molar-refractivity contribution in [3.8, 4) is 0 Å². The Labute approximate surface area is 89.6 Å². The minimum absolute atomic E-state index is 0.764. The summed E-state index contributed by atoms with van der Waals surface area (Å²) in [7, 11) is 0. The third-order valence-corrected chi connectivity index (χ3v) is 2.82. The lowest BCUT2D eigenvalue weighted by molar-refractivity contribution is 0.0627. The summed E-state index contributed by atoms with van der Waals surface area (Å²) in [5.41, 5.74) is -0.0306. The molecule has 1 aliphatic carbocycles. The summed E-state index contributed by atoms with van der Waals surface area (Å²) < 4.78 is 1.80. The third-order valence-electron chi connectivity index (χ3n) is 2.82. The maximum absolute atomic E-state index is 10.5. The fourth-order valence-corrected chi connectivity index (χ4v) is 2.03. The summed E-state index contributed by atoms with van der Waals surface area (Å²) in [5.74, 6) is 0. The lowest BCUT2D eigenvalue weighted by Gasteiger charge is -2.27. The monoisotopic (exact) mass is 207 g/mol. The second-order valence-corrected chi connectivity index (χ2v) is 4.06. The van der Waals surface area contributed by atoms with E-state index >= 15 is 0 Å². The molecule has 82 valence electrons. The molecule has 1 aromatic heterocycles. The van der Waals surface area contributed by atoms with Gasteiger partial charge in [0.25, 0.3) is 0 Å². The first-order valence-electron chi connectivity index (χ1n) is 5.55. The van der Waals surface area contributed by atoms with E-state index in [0.29, 0.717) is 0 Å². The van der Waals surface area contributed by atoms with E-state index < -0.39 is 5.60 Å². The minimum atomic E-state index is -0.850. The van der Waals surface area contributed by atoms with E-state index in [4.69, 9.17) is 0 Å². The summed E-state index contributed by atoms with van der Waals surface area (Å²) in [5, 5.41) is 18.3. The van der Waals surface area contributed by atoms with Gasteiger partial charge >= 0.3 is 0 Å². The maximum Gasteiger partial charge on any atom is 0.126 e. The van der Waals surface area contributed by atoms with E-state index in [1.807, 2.05) is 12.2 Å². The highest BCUT2D eigenvalue weighted by molar-refractivity contribution is 5.19. The number of aromatic nitrogens is 3. The smallest absolute Gasteiger partial charge is 0.126 e. The third kappa shape index (κ3) is 1.95. The highest BCUT2D eigenvalue weighted by atomic mass is 16.3. The van der Waals surface area contributed by atoms with Crippen LogP contribution in [0.4, 0.5) is 0 Å². The topological polar surface area (TPSA) is 50.9 Å². The quantitative estimate of drug-likeness (QED) is 0.766. The molecular formula is C11H17N3O. The molecule has 0 amide bonds. The van der Waals surface area contributed by atoms with Crippen LogP contribution in [-0.4, -0.2) is 20.1 Å². The van der Waals surface area contributed by atoms with Crippen LogP contribution in [0.15, 0.2) is 18.3 Å². The number of aryl methyl sites for hydroxylation is 1. The maximum atomic E-state index is 10.5. The fourth-order valence-electron chi connectivity index (χ4n) is 2.03. The van der Waals surface area contributed by atoms with Crippen molar-refractivity contribution >= 4 is 0 Å². The summed E-state index contributed by atoms with van der Waals surface area (Å²) in [6, 6.07) is 0. The van der Waals surface area contributed by atoms with Crippen LogP contribution in [-0.2, 0) is 12.1 Å². The van der Waals surface area contributed by atoms with Gasteiger partial charge in [-0.05, 0) is 25.7 Å². The largest absolute Gasteiger partial charge is 0.379 e. The van der Waals surface area contributed by atoms with Gasteiger partial charge in [0.05, 0.1) is 11.9 Å². The summed E-state index contributed by atoms with van der Waals surface area (Å²) in [4.78, 5) is 0. The predicted molar refractivity (Wildman–Crippen MR) is 57.2 cm³/mol. The minimum Gasteiger partial charge on any atom is -0.379 e. The number of aliphatic hydroxyl groups is 1. The lowest BCUT2D eigenvalue weighted by atomic mass is 9.88. The number of allylic oxidation sites excluding steroid dienone is 1. The van der Waals surface area contributed by atoms with Crippen LogP contribution in [0.1, 0.15) is 38.3 Å². The summed E-state index contributed by atoms with van der Waals surface area (Å²) >= 11 is 0. The zero-order valence-electron chi connectivity index (χ0n) is 9.06. The summed E-state index contributed by atoms with van der Waals surface area (Å²) in [6.07, 6.45) is 9.41. The molecule has 0 radical (unpaired) electrons. The van der Waals surface area contributed by atoms with Crippen LogP contribution in [0.2, 0.25) is 0 Å². The Morgan fingerprint density at radius 3 is 3.13 bits per heavy atom. The SMILES string of the molecule is CCCn1nncc1C1(O)C=CCCC1. The highest BCUT2D eigenvalue weighted by Gasteiger charge is 2.31. The lowest BCUT2D eigenvalue weighted by Crippen LogP contribution is -2.28. The molecule has 1 aliphatic rings. The molecule has 4 nitrogen and oxygen atoms in total. The van der Waals surface area contributed by atoms with Gasteiger partial charge in [-0.25, -0.2) is 4.68 Å². The van der Waals surface area contributed by atoms with Gasteiger partial charge in [-0.2, -0.15) is 0 Å². The first-order chi connectivity index (χ1) is 7.26. The van der Waals surface area contributed by atoms with E-state index in [1.54, 1.807) is 10.9 Å². The van der Waals surface area contributed by atoms with Gasteiger partial charge in [0.2, 0.25) is 0 Å². The van der Waals surface area contributed by atoms with Crippen molar-refractivity contribution in [1.29, 1.82) is 0 Å². The molecule has 1 aromatic rings. The van der Waals surface area contributed by atoms with Gasteiger partial charge in [-0.15, -0.1) is 5.10 Å². The number of hydrogen-bond donors (Lipinski definition) is 1. The molecule has 2 rings (SSSR count). The molecule has 0 saturated heterocycles. The molecule has 0 bridgehead atoms. The fraction of sp³-hybridized carbons (Fsp3) is 0.636. The molecule has 4 heteroatoms. The predicted octanol–water partition coefficient (Wildman–Crippen LogP) is 1.62. The standard InChI is InChI=1S/C11H17N3O/c1-2-8-14-10(9-12-13-14)11(15)6-4-3-5-7-11/h4,6,9,15H,2-3,5,7-8H2,1H3. The number of rotatable bonds is 3. The highest BCUT2D eigenvalue weighted by Crippen LogP contribution is 2.31. The first kappa shape index (κ1) is 10.4. The van der Waals surface area contributed by atoms with Crippen LogP contribution in [0.3, 0.4) is 0 Å². The Kier molecular flexibility index (Phi) is 2.86. The van der Waals surface area contributed by atoms with Gasteiger partial charge < -0.3 is 5.11 Å². The van der Waals surface area contributed by atoms with Gasteiger partial charge in [0.15, 0.2) is 0 Å². The zero-order chi connectivity index (χ0) is 10.7. The molecule has 1 heterocycles. The van der Waals surface area contributed by atoms with Crippen molar-refractivity contribution in [2.75, 3.05) is 0 Å². The molecule has 0 spiro atoms. The Balaban J connectivity index is 2.30. The van der Waals surface area contributed by atoms with E-state index in [0.717, 1.165) is 37.9 Å². The molecule has 1 N–H and O–H groups in total. The molecule has 0 aliphatic heterocycles. The Morgan fingerprint density at radius 1 is 1.60 bits per heavy atom. The average molecular weight is 207 g/mol. The van der Waals surface area contributed by atoms with Crippen molar-refractivity contribution in [1.82, 2.24) is 15.0 Å². The Morgan fingerprint density at radius 2 is 2.47 bits per heavy atom. The molecule has 1 unspecified atom stereocenters. The Bertz CT molecular complexity index is 358. The molecule has 0 fully saturated rings. The van der Waals surface area contributed by atoms with Crippen molar-refractivity contribution in [3.05, 3.63) is 24.0 Å². The van der Waals surface area contributed by atoms with Crippen LogP contribution < -0.4 is 0 Å². The van der Waals surface area contributed by atoms with Gasteiger partial charge in [-0.1, -0.05) is 24.3 Å². The van der Waals surface area contributed by atoms with Gasteiger partial charge in [-0.3, -0.25) is 0 Å².